The quantitative estimate of drug-likeness (QED) is 0.877. The molecule has 0 aromatic carbocycles. The van der Waals surface area contributed by atoms with Crippen LogP contribution in [0.15, 0.2) is 18.3 Å². The molecule has 7 heteroatoms. The fourth-order valence-corrected chi connectivity index (χ4v) is 2.63. The Morgan fingerprint density at radius 2 is 2.20 bits per heavy atom. The van der Waals surface area contributed by atoms with Gasteiger partial charge in [0.1, 0.15) is 4.88 Å². The lowest BCUT2D eigenvalue weighted by molar-refractivity contribution is 0.0697. The molecule has 0 saturated carbocycles. The van der Waals surface area contributed by atoms with E-state index >= 15 is 0 Å². The zero-order valence-electron chi connectivity index (χ0n) is 11.1. The normalized spacial score (nSPS) is 10.5. The van der Waals surface area contributed by atoms with Gasteiger partial charge < -0.3 is 14.6 Å². The predicted octanol–water partition coefficient (Wildman–Crippen LogP) is 1.98. The molecule has 2 aromatic heterocycles. The topological polar surface area (TPSA) is 81.5 Å². The smallest absolute Gasteiger partial charge is 0.347 e. The summed E-state index contributed by atoms with van der Waals surface area (Å²) in [5, 5.41) is 9.85. The van der Waals surface area contributed by atoms with Crippen molar-refractivity contribution in [1.82, 2.24) is 9.97 Å². The summed E-state index contributed by atoms with van der Waals surface area (Å²) < 4.78 is 9.95. The average Bonchev–Trinajstić information content (AvgIpc) is 2.83. The van der Waals surface area contributed by atoms with Crippen LogP contribution in [0.2, 0.25) is 0 Å². The second-order valence-electron chi connectivity index (χ2n) is 4.01. The summed E-state index contributed by atoms with van der Waals surface area (Å²) in [7, 11) is 3.07. The van der Waals surface area contributed by atoms with Crippen molar-refractivity contribution in [2.45, 2.75) is 13.0 Å². The molecule has 0 amide bonds. The number of aromatic carboxylic acids is 1. The van der Waals surface area contributed by atoms with Crippen molar-refractivity contribution < 1.29 is 19.4 Å². The molecule has 20 heavy (non-hydrogen) atoms. The van der Waals surface area contributed by atoms with Gasteiger partial charge in [-0.3, -0.25) is 0 Å². The standard InChI is InChI=1S/C13H14N2O4S/c1-18-7-9-12(13(16)17)20-11(15-9)5-8-3-4-10(19-2)14-6-8/h3-4,6H,5,7H2,1-2H3,(H,16,17). The minimum Gasteiger partial charge on any atom is -0.481 e. The van der Waals surface area contributed by atoms with E-state index < -0.39 is 5.97 Å². The van der Waals surface area contributed by atoms with Gasteiger partial charge in [0.25, 0.3) is 0 Å². The van der Waals surface area contributed by atoms with Crippen LogP contribution in [0.3, 0.4) is 0 Å². The number of methoxy groups -OCH3 is 2. The van der Waals surface area contributed by atoms with Crippen LogP contribution in [0.25, 0.3) is 0 Å². The van der Waals surface area contributed by atoms with Crippen molar-refractivity contribution in [2.24, 2.45) is 0 Å². The third-order valence-corrected chi connectivity index (χ3v) is 3.66. The number of carbonyl (C=O) groups is 1. The molecule has 0 atom stereocenters. The SMILES string of the molecule is COCc1nc(Cc2ccc(OC)nc2)sc1C(=O)O. The summed E-state index contributed by atoms with van der Waals surface area (Å²) in [6, 6.07) is 3.64. The third kappa shape index (κ3) is 3.31. The van der Waals surface area contributed by atoms with Crippen molar-refractivity contribution in [2.75, 3.05) is 14.2 Å². The summed E-state index contributed by atoms with van der Waals surface area (Å²) in [4.78, 5) is 19.8. The molecule has 0 aliphatic rings. The van der Waals surface area contributed by atoms with Crippen LogP contribution in [0.1, 0.15) is 25.9 Å². The summed E-state index contributed by atoms with van der Waals surface area (Å²) in [5.41, 5.74) is 1.40. The lowest BCUT2D eigenvalue weighted by atomic mass is 10.2. The molecule has 0 bridgehead atoms. The Balaban J connectivity index is 2.19. The fraction of sp³-hybridized carbons (Fsp3) is 0.308. The lowest BCUT2D eigenvalue weighted by Gasteiger charge is -2.00. The van der Waals surface area contributed by atoms with Crippen LogP contribution in [0, 0.1) is 0 Å². The Hall–Kier alpha value is -1.99. The number of hydrogen-bond donors (Lipinski definition) is 1. The maximum Gasteiger partial charge on any atom is 0.347 e. The zero-order chi connectivity index (χ0) is 14.5. The van der Waals surface area contributed by atoms with E-state index in [9.17, 15) is 4.79 Å². The molecule has 0 radical (unpaired) electrons. The van der Waals surface area contributed by atoms with E-state index in [1.807, 2.05) is 6.07 Å². The van der Waals surface area contributed by atoms with Crippen molar-refractivity contribution in [3.8, 4) is 5.88 Å². The Morgan fingerprint density at radius 3 is 2.75 bits per heavy atom. The Bertz CT molecular complexity index is 595. The van der Waals surface area contributed by atoms with Crippen LogP contribution < -0.4 is 4.74 Å². The largest absolute Gasteiger partial charge is 0.481 e. The van der Waals surface area contributed by atoms with E-state index in [4.69, 9.17) is 14.6 Å². The van der Waals surface area contributed by atoms with E-state index in [2.05, 4.69) is 9.97 Å². The molecular weight excluding hydrogens is 280 g/mol. The maximum atomic E-state index is 11.1. The van der Waals surface area contributed by atoms with Crippen molar-refractivity contribution >= 4 is 17.3 Å². The van der Waals surface area contributed by atoms with Crippen LogP contribution in [-0.2, 0) is 17.8 Å². The number of carboxylic acids is 1. The van der Waals surface area contributed by atoms with Crippen LogP contribution >= 0.6 is 11.3 Å². The molecule has 106 valence electrons. The molecule has 0 saturated heterocycles. The van der Waals surface area contributed by atoms with Gasteiger partial charge in [0.15, 0.2) is 0 Å². The monoisotopic (exact) mass is 294 g/mol. The minimum atomic E-state index is -0.978. The summed E-state index contributed by atoms with van der Waals surface area (Å²) in [5.74, 6) is -0.437. The lowest BCUT2D eigenvalue weighted by Crippen LogP contribution is -1.99. The van der Waals surface area contributed by atoms with Gasteiger partial charge in [-0.15, -0.1) is 11.3 Å². The Kier molecular flexibility index (Phi) is 4.65. The fourth-order valence-electron chi connectivity index (χ4n) is 1.69. The first-order valence-corrected chi connectivity index (χ1v) is 6.65. The van der Waals surface area contributed by atoms with Gasteiger partial charge in [-0.05, 0) is 5.56 Å². The van der Waals surface area contributed by atoms with Gasteiger partial charge in [-0.2, -0.15) is 0 Å². The van der Waals surface area contributed by atoms with Crippen molar-refractivity contribution in [1.29, 1.82) is 0 Å². The molecule has 2 aromatic rings. The molecular formula is C13H14N2O4S. The zero-order valence-corrected chi connectivity index (χ0v) is 11.9. The molecule has 0 aliphatic carbocycles. The maximum absolute atomic E-state index is 11.1. The summed E-state index contributed by atoms with van der Waals surface area (Å²) >= 11 is 1.16. The van der Waals surface area contributed by atoms with Crippen LogP contribution in [0.4, 0.5) is 0 Å². The highest BCUT2D eigenvalue weighted by Crippen LogP contribution is 2.22. The van der Waals surface area contributed by atoms with Gasteiger partial charge in [-0.1, -0.05) is 6.07 Å². The van der Waals surface area contributed by atoms with E-state index in [0.29, 0.717) is 18.0 Å². The van der Waals surface area contributed by atoms with Crippen molar-refractivity contribution in [3.05, 3.63) is 39.5 Å². The average molecular weight is 294 g/mol. The number of nitrogens with zero attached hydrogens (tertiary/aromatic N) is 2. The predicted molar refractivity (Wildman–Crippen MR) is 73.4 cm³/mol. The van der Waals surface area contributed by atoms with E-state index in [-0.39, 0.29) is 11.5 Å². The minimum absolute atomic E-state index is 0.193. The first kappa shape index (κ1) is 14.4. The molecule has 0 spiro atoms. The molecule has 1 N–H and O–H groups in total. The van der Waals surface area contributed by atoms with Gasteiger partial charge in [0, 0.05) is 25.8 Å². The molecule has 2 rings (SSSR count). The number of pyridine rings is 1. The number of aromatic nitrogens is 2. The number of hydrogen-bond acceptors (Lipinski definition) is 6. The first-order chi connectivity index (χ1) is 9.63. The van der Waals surface area contributed by atoms with Crippen molar-refractivity contribution in [3.63, 3.8) is 0 Å². The van der Waals surface area contributed by atoms with Crippen LogP contribution in [-0.4, -0.2) is 35.3 Å². The second kappa shape index (κ2) is 6.44. The van der Waals surface area contributed by atoms with Crippen LogP contribution in [0.5, 0.6) is 5.88 Å². The van der Waals surface area contributed by atoms with Gasteiger partial charge in [0.05, 0.1) is 24.4 Å². The second-order valence-corrected chi connectivity index (χ2v) is 5.09. The molecule has 2 heterocycles. The number of ether oxygens (including phenoxy) is 2. The summed E-state index contributed by atoms with van der Waals surface area (Å²) in [6.45, 7) is 0.193. The summed E-state index contributed by atoms with van der Waals surface area (Å²) in [6.07, 6.45) is 2.22. The highest BCUT2D eigenvalue weighted by Gasteiger charge is 2.17. The highest BCUT2D eigenvalue weighted by atomic mass is 32.1. The van der Waals surface area contributed by atoms with E-state index in [0.717, 1.165) is 21.9 Å². The highest BCUT2D eigenvalue weighted by molar-refractivity contribution is 7.13. The molecule has 6 nitrogen and oxygen atoms in total. The number of thiazole rings is 1. The Morgan fingerprint density at radius 1 is 1.40 bits per heavy atom. The van der Waals surface area contributed by atoms with Gasteiger partial charge >= 0.3 is 5.97 Å². The number of carboxylic acid groups (broad SMARTS) is 1. The molecule has 0 aliphatic heterocycles. The van der Waals surface area contributed by atoms with Gasteiger partial charge in [-0.25, -0.2) is 14.8 Å². The van der Waals surface area contributed by atoms with E-state index in [1.165, 1.54) is 7.11 Å². The third-order valence-electron chi connectivity index (χ3n) is 2.58. The van der Waals surface area contributed by atoms with E-state index in [1.54, 1.807) is 19.4 Å². The molecule has 0 fully saturated rings. The first-order valence-electron chi connectivity index (χ1n) is 5.83. The number of rotatable bonds is 6. The van der Waals surface area contributed by atoms with Gasteiger partial charge in [0.2, 0.25) is 5.88 Å². The molecule has 0 unspecified atom stereocenters. The Labute approximate surface area is 120 Å².